The van der Waals surface area contributed by atoms with Gasteiger partial charge in [0.1, 0.15) is 11.3 Å². The third kappa shape index (κ3) is 4.06. The van der Waals surface area contributed by atoms with Crippen molar-refractivity contribution in [3.63, 3.8) is 0 Å². The molecule has 4 nitrogen and oxygen atoms in total. The van der Waals surface area contributed by atoms with E-state index in [4.69, 9.17) is 9.15 Å². The largest absolute Gasteiger partial charge is 0.459 e. The number of benzene rings is 1. The first-order chi connectivity index (χ1) is 10.2. The highest BCUT2D eigenvalue weighted by molar-refractivity contribution is 5.77. The van der Waals surface area contributed by atoms with Gasteiger partial charge in [0.05, 0.1) is 12.6 Å². The summed E-state index contributed by atoms with van der Waals surface area (Å²) in [5.74, 6) is 0.988. The monoisotopic (exact) mass is 290 g/mol. The lowest BCUT2D eigenvalue weighted by atomic mass is 10.1. The minimum absolute atomic E-state index is 0.177. The molecule has 0 aliphatic carbocycles. The van der Waals surface area contributed by atoms with Crippen LogP contribution in [0.5, 0.6) is 0 Å². The van der Waals surface area contributed by atoms with E-state index in [1.54, 1.807) is 7.11 Å². The third-order valence-corrected chi connectivity index (χ3v) is 3.87. The summed E-state index contributed by atoms with van der Waals surface area (Å²) >= 11 is 0. The van der Waals surface area contributed by atoms with Gasteiger partial charge in [0.25, 0.3) is 0 Å². The lowest BCUT2D eigenvalue weighted by Gasteiger charge is -2.29. The van der Waals surface area contributed by atoms with Gasteiger partial charge in [0.15, 0.2) is 0 Å². The average molecular weight is 290 g/mol. The zero-order chi connectivity index (χ0) is 15.2. The molecule has 0 saturated heterocycles. The minimum atomic E-state index is 0.177. The summed E-state index contributed by atoms with van der Waals surface area (Å²) in [7, 11) is 3.72. The number of likely N-dealkylation sites (N-methyl/N-ethyl adjacent to an activating group) is 1. The number of furan rings is 1. The van der Waals surface area contributed by atoms with Crippen LogP contribution in [0.1, 0.15) is 25.6 Å². The number of fused-ring (bicyclic) bond motifs is 1. The Morgan fingerprint density at radius 1 is 1.29 bits per heavy atom. The predicted molar refractivity (Wildman–Crippen MR) is 86.6 cm³/mol. The number of nitrogens with one attached hydrogen (secondary N) is 1. The second-order valence-corrected chi connectivity index (χ2v) is 5.61. The summed E-state index contributed by atoms with van der Waals surface area (Å²) in [5, 5.41) is 4.52. The normalized spacial score (nSPS) is 13.4. The van der Waals surface area contributed by atoms with Crippen LogP contribution in [0.15, 0.2) is 34.7 Å². The molecule has 0 aliphatic heterocycles. The molecule has 0 amide bonds. The van der Waals surface area contributed by atoms with E-state index in [0.29, 0.717) is 6.04 Å². The van der Waals surface area contributed by atoms with Gasteiger partial charge in [-0.3, -0.25) is 4.90 Å². The summed E-state index contributed by atoms with van der Waals surface area (Å²) in [4.78, 5) is 2.40. The molecule has 1 unspecified atom stereocenters. The Bertz CT molecular complexity index is 517. The molecule has 0 bridgehead atoms. The summed E-state index contributed by atoms with van der Waals surface area (Å²) in [6.45, 7) is 6.99. The zero-order valence-corrected chi connectivity index (χ0v) is 13.4. The Hall–Kier alpha value is -1.36. The van der Waals surface area contributed by atoms with Gasteiger partial charge in [-0.15, -0.1) is 0 Å². The van der Waals surface area contributed by atoms with E-state index < -0.39 is 0 Å². The van der Waals surface area contributed by atoms with Gasteiger partial charge in [-0.25, -0.2) is 0 Å². The van der Waals surface area contributed by atoms with Crippen molar-refractivity contribution in [3.8, 4) is 0 Å². The minimum Gasteiger partial charge on any atom is -0.459 e. The molecule has 0 radical (unpaired) electrons. The van der Waals surface area contributed by atoms with Crippen molar-refractivity contribution < 1.29 is 9.15 Å². The van der Waals surface area contributed by atoms with Crippen molar-refractivity contribution in [2.24, 2.45) is 0 Å². The Balaban J connectivity index is 2.13. The lowest BCUT2D eigenvalue weighted by molar-refractivity contribution is 0.119. The maximum atomic E-state index is 5.99. The van der Waals surface area contributed by atoms with E-state index in [1.807, 2.05) is 25.2 Å². The zero-order valence-electron chi connectivity index (χ0n) is 13.4. The smallest absolute Gasteiger partial charge is 0.134 e. The molecular weight excluding hydrogens is 264 g/mol. The highest BCUT2D eigenvalue weighted by Gasteiger charge is 2.20. The van der Waals surface area contributed by atoms with E-state index in [9.17, 15) is 0 Å². The van der Waals surface area contributed by atoms with Gasteiger partial charge < -0.3 is 14.5 Å². The first kappa shape index (κ1) is 16.0. The summed E-state index contributed by atoms with van der Waals surface area (Å²) in [6, 6.07) is 10.9. The lowest BCUT2D eigenvalue weighted by Crippen LogP contribution is -2.40. The van der Waals surface area contributed by atoms with Gasteiger partial charge in [-0.2, -0.15) is 0 Å². The standard InChI is InChI=1S/C17H26N2O2/c1-13(2)19(9-10-20-4)12-15(18-3)17-11-14-7-5-6-8-16(14)21-17/h5-8,11,13,15,18H,9-10,12H2,1-4H3. The molecule has 21 heavy (non-hydrogen) atoms. The highest BCUT2D eigenvalue weighted by atomic mass is 16.5. The maximum Gasteiger partial charge on any atom is 0.134 e. The quantitative estimate of drug-likeness (QED) is 0.811. The van der Waals surface area contributed by atoms with Crippen molar-refractivity contribution in [2.75, 3.05) is 33.9 Å². The Morgan fingerprint density at radius 3 is 2.67 bits per heavy atom. The van der Waals surface area contributed by atoms with Gasteiger partial charge in [-0.05, 0) is 33.0 Å². The molecule has 1 heterocycles. The van der Waals surface area contributed by atoms with Gasteiger partial charge in [0.2, 0.25) is 0 Å². The van der Waals surface area contributed by atoms with E-state index in [2.05, 4.69) is 36.2 Å². The molecule has 1 aromatic carbocycles. The van der Waals surface area contributed by atoms with E-state index in [0.717, 1.165) is 36.4 Å². The van der Waals surface area contributed by atoms with Crippen LogP contribution in [0.25, 0.3) is 11.0 Å². The van der Waals surface area contributed by atoms with Gasteiger partial charge in [-0.1, -0.05) is 18.2 Å². The van der Waals surface area contributed by atoms with Crippen LogP contribution in [0.3, 0.4) is 0 Å². The number of rotatable bonds is 8. The molecule has 0 fully saturated rings. The van der Waals surface area contributed by atoms with Crippen LogP contribution in [0, 0.1) is 0 Å². The first-order valence-corrected chi connectivity index (χ1v) is 7.54. The van der Waals surface area contributed by atoms with Crippen molar-refractivity contribution >= 4 is 11.0 Å². The molecule has 1 atom stereocenters. The third-order valence-electron chi connectivity index (χ3n) is 3.87. The topological polar surface area (TPSA) is 37.6 Å². The molecule has 4 heteroatoms. The van der Waals surface area contributed by atoms with E-state index in [-0.39, 0.29) is 6.04 Å². The molecule has 0 saturated carbocycles. The maximum absolute atomic E-state index is 5.99. The number of nitrogens with zero attached hydrogens (tertiary/aromatic N) is 1. The van der Waals surface area contributed by atoms with Crippen LogP contribution < -0.4 is 5.32 Å². The molecule has 2 rings (SSSR count). The molecule has 116 valence electrons. The Morgan fingerprint density at radius 2 is 2.05 bits per heavy atom. The fraction of sp³-hybridized carbons (Fsp3) is 0.529. The molecular formula is C17H26N2O2. The number of para-hydroxylation sites is 1. The number of methoxy groups -OCH3 is 1. The van der Waals surface area contributed by atoms with Crippen LogP contribution in [-0.2, 0) is 4.74 Å². The molecule has 1 aromatic heterocycles. The van der Waals surface area contributed by atoms with Crippen LogP contribution in [-0.4, -0.2) is 44.8 Å². The second-order valence-electron chi connectivity index (χ2n) is 5.61. The number of ether oxygens (including phenoxy) is 1. The second kappa shape index (κ2) is 7.59. The average Bonchev–Trinajstić information content (AvgIpc) is 2.90. The molecule has 1 N–H and O–H groups in total. The van der Waals surface area contributed by atoms with E-state index in [1.165, 1.54) is 0 Å². The van der Waals surface area contributed by atoms with E-state index >= 15 is 0 Å². The fourth-order valence-electron chi connectivity index (χ4n) is 2.50. The number of hydrogen-bond acceptors (Lipinski definition) is 4. The Kier molecular flexibility index (Phi) is 5.79. The van der Waals surface area contributed by atoms with Crippen molar-refractivity contribution in [1.29, 1.82) is 0 Å². The summed E-state index contributed by atoms with van der Waals surface area (Å²) in [6.07, 6.45) is 0. The van der Waals surface area contributed by atoms with Gasteiger partial charge in [0, 0.05) is 31.6 Å². The van der Waals surface area contributed by atoms with Crippen LogP contribution in [0.2, 0.25) is 0 Å². The van der Waals surface area contributed by atoms with Crippen molar-refractivity contribution in [3.05, 3.63) is 36.1 Å². The SMILES string of the molecule is CNC(CN(CCOC)C(C)C)c1cc2ccccc2o1. The first-order valence-electron chi connectivity index (χ1n) is 7.54. The number of hydrogen-bond donors (Lipinski definition) is 1. The van der Waals surface area contributed by atoms with Gasteiger partial charge >= 0.3 is 0 Å². The molecule has 2 aromatic rings. The van der Waals surface area contributed by atoms with Crippen LogP contribution in [0.4, 0.5) is 0 Å². The highest BCUT2D eigenvalue weighted by Crippen LogP contribution is 2.24. The van der Waals surface area contributed by atoms with Crippen LogP contribution >= 0.6 is 0 Å². The van der Waals surface area contributed by atoms with Crippen molar-refractivity contribution in [2.45, 2.75) is 25.9 Å². The molecule has 0 spiro atoms. The van der Waals surface area contributed by atoms with Crippen molar-refractivity contribution in [1.82, 2.24) is 10.2 Å². The summed E-state index contributed by atoms with van der Waals surface area (Å²) in [5.41, 5.74) is 0.945. The summed E-state index contributed by atoms with van der Waals surface area (Å²) < 4.78 is 11.2. The molecule has 0 aliphatic rings. The Labute approximate surface area is 127 Å². The fourth-order valence-corrected chi connectivity index (χ4v) is 2.50. The predicted octanol–water partition coefficient (Wildman–Crippen LogP) is 3.05.